The van der Waals surface area contributed by atoms with Gasteiger partial charge in [0.2, 0.25) is 0 Å². The minimum absolute atomic E-state index is 0.0157. The molecule has 0 spiro atoms. The standard InChI is InChI=1S/C30H31Cl2N3O5/c1-2-38-29(36)18-8-10-19(11-9-18)33-30(37)35-20-12-13-21(35)15-22(14-20)39-16-23-27(34-40-28(23)17-6-7-17)26-24(31)4-3-5-25(26)32/h3-5,8-11,17,20-22H,2,6-7,12-16H2,1H3,(H,33,37). The van der Waals surface area contributed by atoms with Crippen molar-refractivity contribution in [1.29, 1.82) is 0 Å². The molecular formula is C30H31Cl2N3O5. The Bertz CT molecular complexity index is 1370. The number of nitrogens with one attached hydrogen (secondary N) is 1. The lowest BCUT2D eigenvalue weighted by molar-refractivity contribution is -0.0158. The third kappa shape index (κ3) is 5.45. The van der Waals surface area contributed by atoms with E-state index in [9.17, 15) is 9.59 Å². The van der Waals surface area contributed by atoms with Crippen LogP contribution in [0.5, 0.6) is 0 Å². The van der Waals surface area contributed by atoms with Gasteiger partial charge in [-0.2, -0.15) is 0 Å². The molecule has 2 atom stereocenters. The number of piperidine rings is 1. The molecular weight excluding hydrogens is 553 g/mol. The maximum Gasteiger partial charge on any atom is 0.338 e. The Labute approximate surface area is 242 Å². The van der Waals surface area contributed by atoms with Crippen molar-refractivity contribution in [2.75, 3.05) is 11.9 Å². The molecule has 1 aliphatic carbocycles. The SMILES string of the molecule is CCOC(=O)c1ccc(NC(=O)N2C3CCC2CC(OCc2c(-c4c(Cl)cccc4Cl)noc2C2CC2)C3)cc1. The lowest BCUT2D eigenvalue weighted by Gasteiger charge is -2.38. The zero-order valence-electron chi connectivity index (χ0n) is 22.2. The van der Waals surface area contributed by atoms with Gasteiger partial charge < -0.3 is 24.2 Å². The van der Waals surface area contributed by atoms with Gasteiger partial charge in [0, 0.05) is 34.8 Å². The fourth-order valence-corrected chi connectivity index (χ4v) is 6.51. The quantitative estimate of drug-likeness (QED) is 0.277. The molecule has 2 bridgehead atoms. The molecule has 3 aromatic rings. The Morgan fingerprint density at radius 1 is 1.02 bits per heavy atom. The summed E-state index contributed by atoms with van der Waals surface area (Å²) in [6.07, 6.45) is 5.57. The average molecular weight is 584 g/mol. The third-order valence-electron chi connectivity index (χ3n) is 8.00. The van der Waals surface area contributed by atoms with E-state index >= 15 is 0 Å². The maximum atomic E-state index is 13.2. The van der Waals surface area contributed by atoms with Crippen LogP contribution in [0.4, 0.5) is 10.5 Å². The van der Waals surface area contributed by atoms with Gasteiger partial charge in [0.05, 0.1) is 34.9 Å². The van der Waals surface area contributed by atoms with Crippen molar-refractivity contribution in [2.24, 2.45) is 0 Å². The number of carbonyl (C=O) groups excluding carboxylic acids is 2. The molecule has 3 heterocycles. The number of nitrogens with zero attached hydrogens (tertiary/aromatic N) is 2. The monoisotopic (exact) mass is 583 g/mol. The number of amides is 2. The van der Waals surface area contributed by atoms with Gasteiger partial charge >= 0.3 is 12.0 Å². The summed E-state index contributed by atoms with van der Waals surface area (Å²) in [7, 11) is 0. The summed E-state index contributed by atoms with van der Waals surface area (Å²) in [5, 5.41) is 8.41. The summed E-state index contributed by atoms with van der Waals surface area (Å²) < 4.78 is 17.3. The minimum atomic E-state index is -0.377. The van der Waals surface area contributed by atoms with Gasteiger partial charge in [-0.15, -0.1) is 0 Å². The molecule has 8 nitrogen and oxygen atoms in total. The first-order chi connectivity index (χ1) is 19.4. The number of urea groups is 1. The average Bonchev–Trinajstić information content (AvgIpc) is 3.64. The van der Waals surface area contributed by atoms with E-state index < -0.39 is 0 Å². The normalized spacial score (nSPS) is 21.9. The summed E-state index contributed by atoms with van der Waals surface area (Å²) in [6, 6.07) is 12.3. The second kappa shape index (κ2) is 11.4. The molecule has 40 heavy (non-hydrogen) atoms. The van der Waals surface area contributed by atoms with E-state index in [1.165, 1.54) is 0 Å². The molecule has 1 aromatic heterocycles. The van der Waals surface area contributed by atoms with Crippen LogP contribution in [-0.2, 0) is 16.1 Å². The Kier molecular flexibility index (Phi) is 7.75. The van der Waals surface area contributed by atoms with Gasteiger partial charge in [-0.05, 0) is 81.8 Å². The number of fused-ring (bicyclic) bond motifs is 2. The molecule has 2 unspecified atom stereocenters. The number of anilines is 1. The fourth-order valence-electron chi connectivity index (χ4n) is 5.94. The van der Waals surface area contributed by atoms with Crippen molar-refractivity contribution in [1.82, 2.24) is 10.1 Å². The highest BCUT2D eigenvalue weighted by molar-refractivity contribution is 6.39. The second-order valence-corrected chi connectivity index (χ2v) is 11.5. The van der Waals surface area contributed by atoms with Crippen molar-refractivity contribution < 1.29 is 23.6 Å². The van der Waals surface area contributed by atoms with Gasteiger partial charge in [0.15, 0.2) is 0 Å². The maximum absolute atomic E-state index is 13.2. The summed E-state index contributed by atoms with van der Waals surface area (Å²) in [4.78, 5) is 27.1. The highest BCUT2D eigenvalue weighted by Gasteiger charge is 2.44. The van der Waals surface area contributed by atoms with E-state index in [0.717, 1.165) is 49.8 Å². The topological polar surface area (TPSA) is 93.9 Å². The molecule has 1 saturated carbocycles. The zero-order valence-corrected chi connectivity index (χ0v) is 23.7. The van der Waals surface area contributed by atoms with Gasteiger partial charge in [-0.1, -0.05) is 34.4 Å². The number of esters is 1. The highest BCUT2D eigenvalue weighted by Crippen LogP contribution is 2.46. The third-order valence-corrected chi connectivity index (χ3v) is 8.63. The Balaban J connectivity index is 1.11. The number of benzene rings is 2. The first-order valence-electron chi connectivity index (χ1n) is 13.8. The summed E-state index contributed by atoms with van der Waals surface area (Å²) in [5.41, 5.74) is 3.32. The molecule has 6 rings (SSSR count). The van der Waals surface area contributed by atoms with Crippen molar-refractivity contribution in [3.8, 4) is 11.3 Å². The first kappa shape index (κ1) is 27.1. The zero-order chi connectivity index (χ0) is 27.8. The van der Waals surface area contributed by atoms with Crippen molar-refractivity contribution in [3.63, 3.8) is 0 Å². The predicted molar refractivity (Wildman–Crippen MR) is 152 cm³/mol. The molecule has 0 radical (unpaired) electrons. The minimum Gasteiger partial charge on any atom is -0.462 e. The molecule has 3 fully saturated rings. The lowest BCUT2D eigenvalue weighted by Crippen LogP contribution is -2.50. The van der Waals surface area contributed by atoms with E-state index in [4.69, 9.17) is 37.2 Å². The van der Waals surface area contributed by atoms with Crippen molar-refractivity contribution in [3.05, 3.63) is 69.4 Å². The van der Waals surface area contributed by atoms with Crippen LogP contribution in [0, 0.1) is 0 Å². The molecule has 2 aliphatic heterocycles. The lowest BCUT2D eigenvalue weighted by atomic mass is 9.99. The van der Waals surface area contributed by atoms with E-state index in [1.807, 2.05) is 11.0 Å². The number of halogens is 2. The summed E-state index contributed by atoms with van der Waals surface area (Å²) in [6.45, 7) is 2.44. The van der Waals surface area contributed by atoms with Crippen LogP contribution in [0.3, 0.4) is 0 Å². The number of carbonyl (C=O) groups is 2. The number of hydrogen-bond acceptors (Lipinski definition) is 6. The number of rotatable bonds is 8. The highest BCUT2D eigenvalue weighted by atomic mass is 35.5. The first-order valence-corrected chi connectivity index (χ1v) is 14.6. The van der Waals surface area contributed by atoms with Gasteiger partial charge in [-0.25, -0.2) is 9.59 Å². The van der Waals surface area contributed by atoms with Gasteiger partial charge in [0.1, 0.15) is 11.5 Å². The van der Waals surface area contributed by atoms with Gasteiger partial charge in [0.25, 0.3) is 0 Å². The van der Waals surface area contributed by atoms with Crippen LogP contribution < -0.4 is 5.32 Å². The van der Waals surface area contributed by atoms with Crippen LogP contribution in [0.15, 0.2) is 47.0 Å². The molecule has 2 saturated heterocycles. The molecule has 2 amide bonds. The number of hydrogen-bond donors (Lipinski definition) is 1. The number of ether oxygens (including phenoxy) is 2. The van der Waals surface area contributed by atoms with E-state index in [2.05, 4.69) is 10.5 Å². The number of aromatic nitrogens is 1. The smallest absolute Gasteiger partial charge is 0.338 e. The Hall–Kier alpha value is -3.07. The van der Waals surface area contributed by atoms with Crippen molar-refractivity contribution >= 4 is 40.9 Å². The molecule has 10 heteroatoms. The van der Waals surface area contributed by atoms with Crippen molar-refractivity contribution in [2.45, 2.75) is 76.2 Å². The predicted octanol–water partition coefficient (Wildman–Crippen LogP) is 7.45. The summed E-state index contributed by atoms with van der Waals surface area (Å²) in [5.74, 6) is 0.840. The summed E-state index contributed by atoms with van der Waals surface area (Å²) >= 11 is 13.0. The fraction of sp³-hybridized carbons (Fsp3) is 0.433. The van der Waals surface area contributed by atoms with E-state index in [1.54, 1.807) is 43.3 Å². The Morgan fingerprint density at radius 2 is 1.70 bits per heavy atom. The van der Waals surface area contributed by atoms with E-state index in [-0.39, 0.29) is 30.2 Å². The van der Waals surface area contributed by atoms with Crippen LogP contribution in [-0.4, -0.2) is 46.9 Å². The molecule has 3 aliphatic rings. The second-order valence-electron chi connectivity index (χ2n) is 10.7. The largest absolute Gasteiger partial charge is 0.462 e. The van der Waals surface area contributed by atoms with Crippen LogP contribution in [0.2, 0.25) is 10.0 Å². The van der Waals surface area contributed by atoms with Crippen LogP contribution >= 0.6 is 23.2 Å². The van der Waals surface area contributed by atoms with Crippen LogP contribution in [0.25, 0.3) is 11.3 Å². The molecule has 210 valence electrons. The van der Waals surface area contributed by atoms with Gasteiger partial charge in [-0.3, -0.25) is 0 Å². The molecule has 1 N–H and O–H groups in total. The van der Waals surface area contributed by atoms with Crippen LogP contribution in [0.1, 0.15) is 73.0 Å². The van der Waals surface area contributed by atoms with E-state index in [0.29, 0.717) is 51.7 Å². The Morgan fingerprint density at radius 3 is 2.33 bits per heavy atom. The molecule has 2 aromatic carbocycles.